The third kappa shape index (κ3) is 3.60. The minimum absolute atomic E-state index is 0.0821. The number of amides is 1. The summed E-state index contributed by atoms with van der Waals surface area (Å²) < 4.78 is 1.78. The van der Waals surface area contributed by atoms with Crippen LogP contribution in [0, 0.1) is 5.92 Å². The molecule has 21 heavy (non-hydrogen) atoms. The highest BCUT2D eigenvalue weighted by atomic mass is 16.2. The van der Waals surface area contributed by atoms with Crippen molar-refractivity contribution >= 4 is 23.2 Å². The zero-order chi connectivity index (χ0) is 15.4. The maximum absolute atomic E-state index is 12.0. The second kappa shape index (κ2) is 6.40. The van der Waals surface area contributed by atoms with Crippen molar-refractivity contribution in [1.29, 1.82) is 0 Å². The Labute approximate surface area is 123 Å². The van der Waals surface area contributed by atoms with Crippen LogP contribution in [0.25, 0.3) is 5.65 Å². The topological polar surface area (TPSA) is 109 Å². The summed E-state index contributed by atoms with van der Waals surface area (Å²) in [6, 6.07) is -0.426. The molecule has 2 aromatic heterocycles. The lowest BCUT2D eigenvalue weighted by Gasteiger charge is -2.16. The van der Waals surface area contributed by atoms with Gasteiger partial charge < -0.3 is 20.5 Å². The number of fused-ring (bicyclic) bond motifs is 1. The summed E-state index contributed by atoms with van der Waals surface area (Å²) in [5.41, 5.74) is 3.13. The van der Waals surface area contributed by atoms with Gasteiger partial charge in [0.2, 0.25) is 5.91 Å². The van der Waals surface area contributed by atoms with Gasteiger partial charge in [0.15, 0.2) is 17.3 Å². The van der Waals surface area contributed by atoms with Gasteiger partial charge in [0.1, 0.15) is 6.04 Å². The first-order valence-corrected chi connectivity index (χ1v) is 6.86. The van der Waals surface area contributed by atoms with Crippen molar-refractivity contribution in [2.75, 3.05) is 17.3 Å². The minimum atomic E-state index is -0.426. The maximum Gasteiger partial charge on any atom is 0.242 e. The maximum atomic E-state index is 12.0. The van der Waals surface area contributed by atoms with E-state index in [0.717, 1.165) is 0 Å². The number of carbonyl (C=O) groups excluding carboxylic acids is 1. The average molecular weight is 291 g/mol. The molecule has 0 saturated heterocycles. The number of hydrogen-bond acceptors (Lipinski definition) is 6. The molecule has 114 valence electrons. The van der Waals surface area contributed by atoms with Gasteiger partial charge in [-0.05, 0) is 12.8 Å². The molecule has 1 atom stereocenters. The normalized spacial score (nSPS) is 12.4. The summed E-state index contributed by atoms with van der Waals surface area (Å²) in [7, 11) is 0. The number of nitrogens with zero attached hydrogens (tertiary/aromatic N) is 3. The molecule has 0 radical (unpaired) electrons. The summed E-state index contributed by atoms with van der Waals surface area (Å²) in [5, 5.41) is 5.94. The molecule has 0 spiro atoms. The fraction of sp³-hybridized carbons (Fsp3) is 0.462. The lowest BCUT2D eigenvalue weighted by atomic mass is 10.2. The van der Waals surface area contributed by atoms with Crippen molar-refractivity contribution in [2.24, 2.45) is 11.8 Å². The Bertz CT molecular complexity index is 622. The first-order chi connectivity index (χ1) is 10.0. The second-order valence-electron chi connectivity index (χ2n) is 5.28. The monoisotopic (exact) mass is 291 g/mol. The van der Waals surface area contributed by atoms with Gasteiger partial charge in [0.25, 0.3) is 0 Å². The molecule has 5 N–H and O–H groups in total. The van der Waals surface area contributed by atoms with Crippen molar-refractivity contribution in [3.8, 4) is 0 Å². The Kier molecular flexibility index (Phi) is 4.59. The van der Waals surface area contributed by atoms with Crippen LogP contribution in [0.2, 0.25) is 0 Å². The van der Waals surface area contributed by atoms with Crippen LogP contribution in [-0.4, -0.2) is 32.9 Å². The van der Waals surface area contributed by atoms with E-state index in [1.807, 2.05) is 13.8 Å². The number of nitrogen functional groups attached to an aromatic ring is 1. The van der Waals surface area contributed by atoms with Gasteiger partial charge in [-0.1, -0.05) is 13.8 Å². The lowest BCUT2D eigenvalue weighted by molar-refractivity contribution is -0.121. The molecule has 0 aliphatic carbocycles. The quantitative estimate of drug-likeness (QED) is 0.458. The highest BCUT2D eigenvalue weighted by Gasteiger charge is 2.16. The molecule has 0 aliphatic heterocycles. The molecule has 2 aromatic rings. The number of anilines is 2. The van der Waals surface area contributed by atoms with E-state index in [2.05, 4.69) is 26.0 Å². The van der Waals surface area contributed by atoms with E-state index < -0.39 is 6.04 Å². The van der Waals surface area contributed by atoms with E-state index in [1.165, 1.54) is 0 Å². The van der Waals surface area contributed by atoms with Crippen molar-refractivity contribution in [3.63, 3.8) is 0 Å². The zero-order valence-electron chi connectivity index (χ0n) is 12.4. The molecule has 0 saturated carbocycles. The first-order valence-electron chi connectivity index (χ1n) is 6.86. The van der Waals surface area contributed by atoms with Gasteiger partial charge in [-0.25, -0.2) is 15.8 Å². The summed E-state index contributed by atoms with van der Waals surface area (Å²) in [6.07, 6.45) is 5.16. The average Bonchev–Trinajstić information content (AvgIpc) is 2.92. The molecular formula is C13H21N7O. The van der Waals surface area contributed by atoms with Gasteiger partial charge in [-0.15, -0.1) is 0 Å². The predicted octanol–water partition coefficient (Wildman–Crippen LogP) is 0.588. The largest absolute Gasteiger partial charge is 0.355 e. The summed E-state index contributed by atoms with van der Waals surface area (Å²) in [5.74, 6) is 6.71. The van der Waals surface area contributed by atoms with Crippen LogP contribution in [-0.2, 0) is 4.79 Å². The SMILES string of the molecule is CC(C)CNC(=O)C(C)Nc1nc(NN)cn2ccnc12. The number of rotatable bonds is 6. The van der Waals surface area contributed by atoms with Crippen LogP contribution >= 0.6 is 0 Å². The lowest BCUT2D eigenvalue weighted by Crippen LogP contribution is -2.39. The molecule has 2 rings (SSSR count). The third-order valence-electron chi connectivity index (χ3n) is 2.95. The summed E-state index contributed by atoms with van der Waals surface area (Å²) in [4.78, 5) is 20.5. The van der Waals surface area contributed by atoms with Crippen LogP contribution < -0.4 is 21.9 Å². The number of hydrazine groups is 1. The van der Waals surface area contributed by atoms with Crippen LogP contribution in [0.1, 0.15) is 20.8 Å². The smallest absolute Gasteiger partial charge is 0.242 e. The van der Waals surface area contributed by atoms with E-state index in [1.54, 1.807) is 29.9 Å². The van der Waals surface area contributed by atoms with E-state index in [0.29, 0.717) is 29.7 Å². The summed E-state index contributed by atoms with van der Waals surface area (Å²) in [6.45, 7) is 6.51. The Hall–Kier alpha value is -2.35. The summed E-state index contributed by atoms with van der Waals surface area (Å²) >= 11 is 0. The molecule has 2 heterocycles. The van der Waals surface area contributed by atoms with E-state index in [9.17, 15) is 4.79 Å². The Morgan fingerprint density at radius 1 is 1.43 bits per heavy atom. The number of hydrogen-bond donors (Lipinski definition) is 4. The predicted molar refractivity (Wildman–Crippen MR) is 81.7 cm³/mol. The molecule has 1 amide bonds. The van der Waals surface area contributed by atoms with Gasteiger partial charge in [-0.2, -0.15) is 0 Å². The van der Waals surface area contributed by atoms with Crippen molar-refractivity contribution in [3.05, 3.63) is 18.6 Å². The van der Waals surface area contributed by atoms with Gasteiger partial charge in [-0.3, -0.25) is 4.79 Å². The van der Waals surface area contributed by atoms with E-state index in [4.69, 9.17) is 5.84 Å². The zero-order valence-corrected chi connectivity index (χ0v) is 12.4. The van der Waals surface area contributed by atoms with Gasteiger partial charge in [0, 0.05) is 18.9 Å². The molecule has 8 nitrogen and oxygen atoms in total. The highest BCUT2D eigenvalue weighted by molar-refractivity contribution is 5.85. The van der Waals surface area contributed by atoms with E-state index >= 15 is 0 Å². The molecular weight excluding hydrogens is 270 g/mol. The Morgan fingerprint density at radius 3 is 2.86 bits per heavy atom. The highest BCUT2D eigenvalue weighted by Crippen LogP contribution is 2.16. The molecule has 0 aromatic carbocycles. The molecule has 1 unspecified atom stereocenters. The van der Waals surface area contributed by atoms with Crippen LogP contribution in [0.15, 0.2) is 18.6 Å². The van der Waals surface area contributed by atoms with Gasteiger partial charge >= 0.3 is 0 Å². The molecule has 0 bridgehead atoms. The third-order valence-corrected chi connectivity index (χ3v) is 2.95. The van der Waals surface area contributed by atoms with Crippen molar-refractivity contribution in [1.82, 2.24) is 19.7 Å². The van der Waals surface area contributed by atoms with Crippen molar-refractivity contribution in [2.45, 2.75) is 26.8 Å². The fourth-order valence-corrected chi connectivity index (χ4v) is 1.83. The fourth-order valence-electron chi connectivity index (χ4n) is 1.83. The van der Waals surface area contributed by atoms with Gasteiger partial charge in [0.05, 0.1) is 6.20 Å². The molecule has 8 heteroatoms. The Morgan fingerprint density at radius 2 is 2.19 bits per heavy atom. The van der Waals surface area contributed by atoms with E-state index in [-0.39, 0.29) is 5.91 Å². The number of nitrogens with two attached hydrogens (primary N) is 1. The van der Waals surface area contributed by atoms with Crippen molar-refractivity contribution < 1.29 is 4.79 Å². The first kappa shape index (κ1) is 15.0. The molecule has 0 fully saturated rings. The number of imidazole rings is 1. The minimum Gasteiger partial charge on any atom is -0.355 e. The molecule has 0 aliphatic rings. The number of nitrogens with one attached hydrogen (secondary N) is 3. The van der Waals surface area contributed by atoms with Crippen LogP contribution in [0.3, 0.4) is 0 Å². The second-order valence-corrected chi connectivity index (χ2v) is 5.28. The Balaban J connectivity index is 2.14. The van der Waals surface area contributed by atoms with Crippen LogP contribution in [0.5, 0.6) is 0 Å². The standard InChI is InChI=1S/C13H21N7O/c1-8(2)6-16-13(21)9(3)17-11-12-15-4-5-20(12)7-10(18-11)19-14/h4-5,7-9,19H,6,14H2,1-3H3,(H,16,21)(H,17,18). The number of carbonyl (C=O) groups is 1. The van der Waals surface area contributed by atoms with Crippen LogP contribution in [0.4, 0.5) is 11.6 Å². The number of aromatic nitrogens is 3.